The van der Waals surface area contributed by atoms with E-state index < -0.39 is 0 Å². The molecule has 152 valence electrons. The topological polar surface area (TPSA) is 85.3 Å². The summed E-state index contributed by atoms with van der Waals surface area (Å²) in [6.07, 6.45) is 1.89. The number of carbonyl (C=O) groups is 1. The minimum Gasteiger partial charge on any atom is -0.440 e. The summed E-state index contributed by atoms with van der Waals surface area (Å²) in [6, 6.07) is 11.1. The molecule has 3 aromatic heterocycles. The Morgan fingerprint density at radius 1 is 1.17 bits per heavy atom. The fourth-order valence-corrected chi connectivity index (χ4v) is 3.94. The molecule has 1 aliphatic carbocycles. The van der Waals surface area contributed by atoms with E-state index in [0.29, 0.717) is 34.1 Å². The summed E-state index contributed by atoms with van der Waals surface area (Å²) in [6.45, 7) is 1.98. The third-order valence-electron chi connectivity index (χ3n) is 4.84. The number of amides is 1. The molecular weight excluding hydrogens is 424 g/mol. The van der Waals surface area contributed by atoms with E-state index >= 15 is 0 Å². The van der Waals surface area contributed by atoms with E-state index in [2.05, 4.69) is 15.2 Å². The maximum absolute atomic E-state index is 13.3. The SMILES string of the molecule is Cc1oc(-c2cccs2)nc1C(=O)N(Cc1nnc(-c2ccc(Cl)cc2)o1)C1CC1. The largest absolute Gasteiger partial charge is 0.440 e. The molecule has 1 amide bonds. The van der Waals surface area contributed by atoms with Gasteiger partial charge in [-0.1, -0.05) is 17.7 Å². The third-order valence-corrected chi connectivity index (χ3v) is 5.95. The van der Waals surface area contributed by atoms with Gasteiger partial charge in [0.1, 0.15) is 5.76 Å². The number of halogens is 1. The van der Waals surface area contributed by atoms with Crippen LogP contribution in [0.5, 0.6) is 0 Å². The van der Waals surface area contributed by atoms with Gasteiger partial charge in [-0.15, -0.1) is 21.5 Å². The summed E-state index contributed by atoms with van der Waals surface area (Å²) < 4.78 is 11.5. The van der Waals surface area contributed by atoms with E-state index in [9.17, 15) is 4.79 Å². The van der Waals surface area contributed by atoms with Crippen molar-refractivity contribution in [3.05, 3.63) is 64.1 Å². The summed E-state index contributed by atoms with van der Waals surface area (Å²) in [5, 5.41) is 10.8. The quantitative estimate of drug-likeness (QED) is 0.408. The molecule has 7 nitrogen and oxygen atoms in total. The molecule has 1 saturated carbocycles. The van der Waals surface area contributed by atoms with Gasteiger partial charge in [-0.2, -0.15) is 0 Å². The molecule has 0 bridgehead atoms. The van der Waals surface area contributed by atoms with Crippen molar-refractivity contribution in [2.45, 2.75) is 32.4 Å². The minimum absolute atomic E-state index is 0.143. The number of oxazole rings is 1. The Hall–Kier alpha value is -2.97. The molecular formula is C21H17ClN4O3S. The molecule has 1 aromatic carbocycles. The Morgan fingerprint density at radius 2 is 1.97 bits per heavy atom. The first-order valence-electron chi connectivity index (χ1n) is 9.49. The van der Waals surface area contributed by atoms with Crippen LogP contribution in [0.3, 0.4) is 0 Å². The molecule has 0 unspecified atom stereocenters. The fourth-order valence-electron chi connectivity index (χ4n) is 3.16. The fraction of sp³-hybridized carbons (Fsp3) is 0.238. The van der Waals surface area contributed by atoms with Gasteiger partial charge >= 0.3 is 0 Å². The predicted molar refractivity (Wildman–Crippen MR) is 112 cm³/mol. The van der Waals surface area contributed by atoms with Crippen LogP contribution in [0, 0.1) is 6.92 Å². The maximum Gasteiger partial charge on any atom is 0.276 e. The van der Waals surface area contributed by atoms with Gasteiger partial charge in [0.15, 0.2) is 5.69 Å². The van der Waals surface area contributed by atoms with Crippen LogP contribution in [-0.4, -0.2) is 32.0 Å². The van der Waals surface area contributed by atoms with Crippen molar-refractivity contribution >= 4 is 28.8 Å². The average molecular weight is 441 g/mol. The van der Waals surface area contributed by atoms with E-state index in [1.165, 1.54) is 11.3 Å². The Morgan fingerprint density at radius 3 is 2.67 bits per heavy atom. The van der Waals surface area contributed by atoms with Crippen LogP contribution in [0.25, 0.3) is 22.2 Å². The predicted octanol–water partition coefficient (Wildman–Crippen LogP) is 5.22. The van der Waals surface area contributed by atoms with Crippen LogP contribution in [0.15, 0.2) is 50.6 Å². The van der Waals surface area contributed by atoms with Crippen LogP contribution in [0.2, 0.25) is 5.02 Å². The first-order valence-corrected chi connectivity index (χ1v) is 10.7. The number of rotatable bonds is 6. The molecule has 3 heterocycles. The highest BCUT2D eigenvalue weighted by atomic mass is 35.5. The number of carbonyl (C=O) groups excluding carboxylic acids is 1. The highest BCUT2D eigenvalue weighted by Gasteiger charge is 2.36. The number of hydrogen-bond acceptors (Lipinski definition) is 7. The molecule has 0 N–H and O–H groups in total. The standard InChI is InChI=1S/C21H17ClN4O3S/c1-12-18(23-20(28-12)16-3-2-10-30-16)21(27)26(15-8-9-15)11-17-24-25-19(29-17)13-4-6-14(22)7-5-13/h2-7,10,15H,8-9,11H2,1H3. The molecule has 0 spiro atoms. The Labute approximate surface area is 181 Å². The smallest absolute Gasteiger partial charge is 0.276 e. The van der Waals surface area contributed by atoms with Gasteiger partial charge in [0.05, 0.1) is 11.4 Å². The van der Waals surface area contributed by atoms with Crippen molar-refractivity contribution in [1.29, 1.82) is 0 Å². The van der Waals surface area contributed by atoms with Gasteiger partial charge in [-0.05, 0) is 55.5 Å². The number of aromatic nitrogens is 3. The summed E-state index contributed by atoms with van der Waals surface area (Å²) in [4.78, 5) is 20.3. The van der Waals surface area contributed by atoms with Gasteiger partial charge in [-0.25, -0.2) is 4.98 Å². The van der Waals surface area contributed by atoms with Crippen molar-refractivity contribution in [3.63, 3.8) is 0 Å². The van der Waals surface area contributed by atoms with Crippen LogP contribution in [-0.2, 0) is 6.54 Å². The van der Waals surface area contributed by atoms with Crippen molar-refractivity contribution in [1.82, 2.24) is 20.1 Å². The highest BCUT2D eigenvalue weighted by molar-refractivity contribution is 7.13. The maximum atomic E-state index is 13.3. The van der Waals surface area contributed by atoms with Gasteiger partial charge in [0.25, 0.3) is 5.91 Å². The van der Waals surface area contributed by atoms with Gasteiger partial charge < -0.3 is 13.7 Å². The summed E-state index contributed by atoms with van der Waals surface area (Å²) >= 11 is 7.45. The Bertz CT molecular complexity index is 1180. The van der Waals surface area contributed by atoms with Crippen LogP contribution < -0.4 is 0 Å². The Kier molecular flexibility index (Phi) is 4.88. The molecule has 4 aromatic rings. The van der Waals surface area contributed by atoms with Crippen molar-refractivity contribution < 1.29 is 13.6 Å². The van der Waals surface area contributed by atoms with Crippen LogP contribution >= 0.6 is 22.9 Å². The second-order valence-corrected chi connectivity index (χ2v) is 8.46. The van der Waals surface area contributed by atoms with Crippen molar-refractivity contribution in [2.24, 2.45) is 0 Å². The number of benzene rings is 1. The summed E-state index contributed by atoms with van der Waals surface area (Å²) in [5.41, 5.74) is 1.10. The second-order valence-electron chi connectivity index (χ2n) is 7.07. The lowest BCUT2D eigenvalue weighted by Crippen LogP contribution is -2.33. The molecule has 30 heavy (non-hydrogen) atoms. The van der Waals surface area contributed by atoms with Crippen LogP contribution in [0.4, 0.5) is 0 Å². The molecule has 0 atom stereocenters. The highest BCUT2D eigenvalue weighted by Crippen LogP contribution is 2.32. The summed E-state index contributed by atoms with van der Waals surface area (Å²) in [7, 11) is 0. The number of hydrogen-bond donors (Lipinski definition) is 0. The first-order chi connectivity index (χ1) is 14.6. The molecule has 1 aliphatic rings. The van der Waals surface area contributed by atoms with Gasteiger partial charge in [-0.3, -0.25) is 4.79 Å². The second kappa shape index (κ2) is 7.70. The van der Waals surface area contributed by atoms with E-state index in [0.717, 1.165) is 23.3 Å². The Balaban J connectivity index is 1.38. The monoisotopic (exact) mass is 440 g/mol. The zero-order valence-corrected chi connectivity index (χ0v) is 17.6. The number of aryl methyl sites for hydroxylation is 1. The summed E-state index contributed by atoms with van der Waals surface area (Å²) in [5.74, 6) is 1.54. The van der Waals surface area contributed by atoms with E-state index in [1.807, 2.05) is 29.6 Å². The number of thiophene rings is 1. The van der Waals surface area contributed by atoms with Gasteiger partial charge in [0, 0.05) is 16.6 Å². The average Bonchev–Trinajstić information content (AvgIpc) is 3.12. The molecule has 1 fully saturated rings. The van der Waals surface area contributed by atoms with E-state index in [-0.39, 0.29) is 18.5 Å². The molecule has 0 saturated heterocycles. The van der Waals surface area contributed by atoms with Crippen LogP contribution in [0.1, 0.15) is 35.0 Å². The molecule has 0 radical (unpaired) electrons. The lowest BCUT2D eigenvalue weighted by Gasteiger charge is -2.19. The molecule has 0 aliphatic heterocycles. The lowest BCUT2D eigenvalue weighted by atomic mass is 10.2. The molecule has 9 heteroatoms. The lowest BCUT2D eigenvalue weighted by molar-refractivity contribution is 0.0707. The van der Waals surface area contributed by atoms with E-state index in [1.54, 1.807) is 24.0 Å². The molecule has 5 rings (SSSR count). The van der Waals surface area contributed by atoms with Crippen molar-refractivity contribution in [2.75, 3.05) is 0 Å². The van der Waals surface area contributed by atoms with E-state index in [4.69, 9.17) is 20.4 Å². The zero-order valence-electron chi connectivity index (χ0n) is 16.0. The van der Waals surface area contributed by atoms with Crippen molar-refractivity contribution in [3.8, 4) is 22.2 Å². The van der Waals surface area contributed by atoms with Gasteiger partial charge in [0.2, 0.25) is 17.7 Å². The first kappa shape index (κ1) is 19.0. The normalized spacial score (nSPS) is 13.5. The minimum atomic E-state index is -0.187. The number of nitrogens with zero attached hydrogens (tertiary/aromatic N) is 4. The zero-order chi connectivity index (χ0) is 20.7. The third kappa shape index (κ3) is 3.76.